The second-order valence-electron chi connectivity index (χ2n) is 7.57. The van der Waals surface area contributed by atoms with E-state index in [9.17, 15) is 9.59 Å². The molecule has 0 bridgehead atoms. The molecule has 0 radical (unpaired) electrons. The van der Waals surface area contributed by atoms with E-state index in [2.05, 4.69) is 0 Å². The number of ether oxygens (including phenoxy) is 3. The first-order valence-corrected chi connectivity index (χ1v) is 8.85. The fraction of sp³-hybridized carbons (Fsp3) is 0.600. The van der Waals surface area contributed by atoms with Gasteiger partial charge >= 0.3 is 5.97 Å². The number of Topliss-reactive ketones (excluding diaryl/α,β-unsaturated/α-hetero) is 1. The van der Waals surface area contributed by atoms with Crippen LogP contribution in [0.4, 0.5) is 0 Å². The Morgan fingerprint density at radius 3 is 2.24 bits per heavy atom. The highest BCUT2D eigenvalue weighted by Crippen LogP contribution is 2.55. The van der Waals surface area contributed by atoms with E-state index in [1.807, 2.05) is 12.1 Å². The average molecular weight is 346 g/mol. The van der Waals surface area contributed by atoms with Gasteiger partial charge in [0.2, 0.25) is 0 Å². The van der Waals surface area contributed by atoms with Gasteiger partial charge in [-0.2, -0.15) is 0 Å². The summed E-state index contributed by atoms with van der Waals surface area (Å²) in [5, 5.41) is 0. The molecule has 1 aliphatic carbocycles. The number of rotatable bonds is 3. The summed E-state index contributed by atoms with van der Waals surface area (Å²) in [5.41, 5.74) is -0.948. The number of hydrogen-bond donors (Lipinski definition) is 0. The molecule has 3 rings (SSSR count). The van der Waals surface area contributed by atoms with Crippen molar-refractivity contribution in [3.8, 4) is 11.5 Å². The molecule has 2 fully saturated rings. The van der Waals surface area contributed by atoms with E-state index in [-0.39, 0.29) is 5.78 Å². The van der Waals surface area contributed by atoms with Gasteiger partial charge in [0, 0.05) is 0 Å². The van der Waals surface area contributed by atoms with Crippen molar-refractivity contribution in [3.63, 3.8) is 0 Å². The first-order chi connectivity index (χ1) is 11.9. The van der Waals surface area contributed by atoms with Crippen LogP contribution in [0.15, 0.2) is 18.2 Å². The summed E-state index contributed by atoms with van der Waals surface area (Å²) in [6.45, 7) is 3.36. The summed E-state index contributed by atoms with van der Waals surface area (Å²) in [4.78, 5) is 25.9. The third-order valence-corrected chi connectivity index (χ3v) is 5.71. The number of esters is 1. The molecule has 5 nitrogen and oxygen atoms in total. The third kappa shape index (κ3) is 2.70. The third-order valence-electron chi connectivity index (χ3n) is 5.71. The van der Waals surface area contributed by atoms with Crippen LogP contribution in [0.2, 0.25) is 0 Å². The number of carbonyl (C=O) groups excluding carboxylic acids is 2. The van der Waals surface area contributed by atoms with Crippen LogP contribution in [0.1, 0.15) is 57.6 Å². The van der Waals surface area contributed by atoms with Gasteiger partial charge in [0.15, 0.2) is 17.3 Å². The lowest BCUT2D eigenvalue weighted by atomic mass is 9.59. The van der Waals surface area contributed by atoms with Gasteiger partial charge in [-0.1, -0.05) is 25.3 Å². The minimum atomic E-state index is -1.09. The first kappa shape index (κ1) is 17.8. The van der Waals surface area contributed by atoms with Crippen molar-refractivity contribution >= 4 is 11.8 Å². The highest BCUT2D eigenvalue weighted by Gasteiger charge is 2.60. The molecule has 25 heavy (non-hydrogen) atoms. The summed E-state index contributed by atoms with van der Waals surface area (Å²) >= 11 is 0. The van der Waals surface area contributed by atoms with Crippen molar-refractivity contribution in [2.24, 2.45) is 10.8 Å². The molecule has 136 valence electrons. The van der Waals surface area contributed by atoms with Gasteiger partial charge in [-0.05, 0) is 44.4 Å². The van der Waals surface area contributed by atoms with Crippen LogP contribution in [0, 0.1) is 10.8 Å². The molecular weight excluding hydrogens is 320 g/mol. The van der Waals surface area contributed by atoms with E-state index in [1.165, 1.54) is 0 Å². The van der Waals surface area contributed by atoms with E-state index < -0.39 is 22.9 Å². The summed E-state index contributed by atoms with van der Waals surface area (Å²) in [5.74, 6) is 0.737. The predicted octanol–water partition coefficient (Wildman–Crippen LogP) is 3.85. The lowest BCUT2D eigenvalue weighted by Crippen LogP contribution is -2.55. The Balaban J connectivity index is 2.09. The fourth-order valence-electron chi connectivity index (χ4n) is 4.28. The Kier molecular flexibility index (Phi) is 4.52. The van der Waals surface area contributed by atoms with E-state index in [1.54, 1.807) is 34.1 Å². The van der Waals surface area contributed by atoms with Crippen LogP contribution < -0.4 is 9.47 Å². The molecule has 1 atom stereocenters. The maximum Gasteiger partial charge on any atom is 0.319 e. The van der Waals surface area contributed by atoms with Crippen molar-refractivity contribution in [3.05, 3.63) is 23.8 Å². The SMILES string of the molecule is COc1ccc([C@@H]2OC(=O)C(C)(C)C(=O)C23CCCCC3)cc1OC. The molecule has 1 spiro atoms. The number of hydrogen-bond acceptors (Lipinski definition) is 5. The fourth-order valence-corrected chi connectivity index (χ4v) is 4.28. The van der Waals surface area contributed by atoms with Crippen LogP contribution in [0.5, 0.6) is 11.5 Å². The maximum absolute atomic E-state index is 13.3. The molecular formula is C20H26O5. The van der Waals surface area contributed by atoms with Gasteiger partial charge in [0.1, 0.15) is 11.5 Å². The summed E-state index contributed by atoms with van der Waals surface area (Å²) < 4.78 is 16.5. The number of carbonyl (C=O) groups is 2. The number of cyclic esters (lactones) is 1. The Labute approximate surface area is 148 Å². The van der Waals surface area contributed by atoms with Gasteiger partial charge in [-0.25, -0.2) is 0 Å². The van der Waals surface area contributed by atoms with E-state index in [0.717, 1.165) is 37.7 Å². The molecule has 1 aromatic rings. The molecule has 2 aliphatic rings. The quantitative estimate of drug-likeness (QED) is 0.614. The first-order valence-electron chi connectivity index (χ1n) is 8.85. The Bertz CT molecular complexity index is 685. The minimum absolute atomic E-state index is 0.00994. The van der Waals surface area contributed by atoms with Crippen molar-refractivity contribution in [2.75, 3.05) is 14.2 Å². The summed E-state index contributed by atoms with van der Waals surface area (Å²) in [6, 6.07) is 5.47. The smallest absolute Gasteiger partial charge is 0.319 e. The molecule has 1 heterocycles. The summed E-state index contributed by atoms with van der Waals surface area (Å²) in [7, 11) is 3.14. The van der Waals surface area contributed by atoms with Crippen LogP contribution in [0.25, 0.3) is 0 Å². The zero-order valence-corrected chi connectivity index (χ0v) is 15.4. The van der Waals surface area contributed by atoms with E-state index in [0.29, 0.717) is 11.5 Å². The van der Waals surface area contributed by atoms with Gasteiger partial charge in [-0.15, -0.1) is 0 Å². The molecule has 1 saturated carbocycles. The second-order valence-corrected chi connectivity index (χ2v) is 7.57. The molecule has 0 aromatic heterocycles. The molecule has 0 N–H and O–H groups in total. The minimum Gasteiger partial charge on any atom is -0.493 e. The van der Waals surface area contributed by atoms with E-state index in [4.69, 9.17) is 14.2 Å². The zero-order valence-electron chi connectivity index (χ0n) is 15.4. The molecule has 0 unspecified atom stereocenters. The monoisotopic (exact) mass is 346 g/mol. The van der Waals surface area contributed by atoms with E-state index >= 15 is 0 Å². The van der Waals surface area contributed by atoms with Gasteiger partial charge in [-0.3, -0.25) is 9.59 Å². The van der Waals surface area contributed by atoms with Crippen molar-refractivity contribution in [1.82, 2.24) is 0 Å². The van der Waals surface area contributed by atoms with Gasteiger partial charge in [0.25, 0.3) is 0 Å². The van der Waals surface area contributed by atoms with Crippen LogP contribution in [0.3, 0.4) is 0 Å². The predicted molar refractivity (Wildman–Crippen MR) is 92.7 cm³/mol. The Morgan fingerprint density at radius 1 is 1.00 bits per heavy atom. The van der Waals surface area contributed by atoms with Crippen LogP contribution >= 0.6 is 0 Å². The van der Waals surface area contributed by atoms with Gasteiger partial charge in [0.05, 0.1) is 19.6 Å². The van der Waals surface area contributed by atoms with Crippen molar-refractivity contribution in [1.29, 1.82) is 0 Å². The average Bonchev–Trinajstić information content (AvgIpc) is 2.64. The standard InChI is InChI=1S/C20H26O5/c1-19(2)17(21)20(10-6-5-7-11-20)16(25-18(19)22)13-8-9-14(23-3)15(12-13)24-4/h8-9,12,16H,5-7,10-11H2,1-4H3/t16-/m0/s1. The lowest BCUT2D eigenvalue weighted by Gasteiger charge is -2.49. The number of ketones is 1. The van der Waals surface area contributed by atoms with Gasteiger partial charge < -0.3 is 14.2 Å². The maximum atomic E-state index is 13.3. The second kappa shape index (κ2) is 6.36. The topological polar surface area (TPSA) is 61.8 Å². The Morgan fingerprint density at radius 2 is 1.64 bits per heavy atom. The molecule has 0 amide bonds. The Hall–Kier alpha value is -2.04. The lowest BCUT2D eigenvalue weighted by molar-refractivity contribution is -0.192. The van der Waals surface area contributed by atoms with Crippen molar-refractivity contribution in [2.45, 2.75) is 52.1 Å². The molecule has 1 aliphatic heterocycles. The van der Waals surface area contributed by atoms with Crippen LogP contribution in [-0.4, -0.2) is 26.0 Å². The molecule has 1 aromatic carbocycles. The largest absolute Gasteiger partial charge is 0.493 e. The van der Waals surface area contributed by atoms with Crippen molar-refractivity contribution < 1.29 is 23.8 Å². The normalized spacial score (nSPS) is 24.7. The number of methoxy groups -OCH3 is 2. The number of benzene rings is 1. The highest BCUT2D eigenvalue weighted by molar-refractivity contribution is 6.08. The highest BCUT2D eigenvalue weighted by atomic mass is 16.6. The van der Waals surface area contributed by atoms with Crippen LogP contribution in [-0.2, 0) is 14.3 Å². The molecule has 5 heteroatoms. The summed E-state index contributed by atoms with van der Waals surface area (Å²) in [6.07, 6.45) is 4.00. The zero-order chi connectivity index (χ0) is 18.2. The molecule has 1 saturated heterocycles.